The van der Waals surface area contributed by atoms with Gasteiger partial charge in [0.2, 0.25) is 5.88 Å². The largest absolute Gasteiger partial charge is 2.00 e. The van der Waals surface area contributed by atoms with Gasteiger partial charge in [0, 0.05) is 28.8 Å². The zero-order valence-corrected chi connectivity index (χ0v) is 35.3. The fourth-order valence-corrected chi connectivity index (χ4v) is 14.6. The molecule has 5 aromatic carbocycles. The predicted molar refractivity (Wildman–Crippen MR) is 225 cm³/mol. The average molecular weight is 926 g/mol. The Kier molecular flexibility index (Phi) is 9.42. The van der Waals surface area contributed by atoms with E-state index in [9.17, 15) is 0 Å². The van der Waals surface area contributed by atoms with Gasteiger partial charge in [0.05, 0.1) is 13.8 Å². The molecule has 0 N–H and O–H groups in total. The number of hydrogen-bond donors (Lipinski definition) is 0. The van der Waals surface area contributed by atoms with E-state index in [0.717, 1.165) is 38.6 Å². The average Bonchev–Trinajstić information content (AvgIpc) is 3.87. The van der Waals surface area contributed by atoms with E-state index in [1.807, 2.05) is 42.6 Å². The molecule has 1 spiro atoms. The number of ether oxygens (including phenoxy) is 1. The number of fused-ring (bicyclic) bond motifs is 5. The van der Waals surface area contributed by atoms with Crippen molar-refractivity contribution in [2.24, 2.45) is 0 Å². The fraction of sp³-hybridized carbons (Fsp3) is 0.200. The number of hydrogen-bond acceptors (Lipinski definition) is 4. The van der Waals surface area contributed by atoms with Crippen LogP contribution in [0.2, 0.25) is 0 Å². The van der Waals surface area contributed by atoms with Crippen LogP contribution < -0.4 is 4.74 Å². The first-order valence-corrected chi connectivity index (χ1v) is 22.4. The summed E-state index contributed by atoms with van der Waals surface area (Å²) in [5, 5.41) is 2.23. The minimum atomic E-state index is -1.47. The van der Waals surface area contributed by atoms with Crippen LogP contribution in [0.4, 0.5) is 0 Å². The number of nitrogens with zero attached hydrogens (tertiary/aromatic N) is 2. The van der Waals surface area contributed by atoms with Gasteiger partial charge in [0.15, 0.2) is 5.58 Å². The van der Waals surface area contributed by atoms with Crippen molar-refractivity contribution in [3.8, 4) is 45.3 Å². The van der Waals surface area contributed by atoms with Crippen LogP contribution in [0.25, 0.3) is 55.6 Å². The maximum Gasteiger partial charge on any atom is 2.00 e. The van der Waals surface area contributed by atoms with E-state index < -0.39 is 8.07 Å². The maximum atomic E-state index is 6.69. The van der Waals surface area contributed by atoms with E-state index in [0.29, 0.717) is 34.9 Å². The molecule has 8 aromatic rings. The third-order valence-corrected chi connectivity index (χ3v) is 16.3. The quantitative estimate of drug-likeness (QED) is 0.118. The molecule has 6 heteroatoms. The van der Waals surface area contributed by atoms with E-state index in [1.165, 1.54) is 52.0 Å². The van der Waals surface area contributed by atoms with E-state index in [4.69, 9.17) is 19.1 Å². The van der Waals surface area contributed by atoms with Crippen molar-refractivity contribution in [3.05, 3.63) is 167 Å². The van der Waals surface area contributed by atoms with Gasteiger partial charge in [-0.15, -0.1) is 17.7 Å². The van der Waals surface area contributed by atoms with Gasteiger partial charge in [-0.05, 0) is 99.2 Å². The van der Waals surface area contributed by atoms with Gasteiger partial charge < -0.3 is 9.15 Å². The molecule has 5 heterocycles. The second-order valence-corrected chi connectivity index (χ2v) is 20.7. The maximum absolute atomic E-state index is 6.69. The third-order valence-electron chi connectivity index (χ3n) is 11.8. The van der Waals surface area contributed by atoms with Crippen LogP contribution >= 0.6 is 0 Å². The van der Waals surface area contributed by atoms with E-state index >= 15 is 0 Å². The molecule has 0 fully saturated rings. The first-order valence-electron chi connectivity index (χ1n) is 19.5. The predicted octanol–water partition coefficient (Wildman–Crippen LogP) is 12.5. The Hall–Kier alpha value is -5.09. The van der Waals surface area contributed by atoms with Gasteiger partial charge in [-0.25, -0.2) is 16.1 Å². The molecule has 2 aliphatic heterocycles. The normalized spacial score (nSPS) is 14.1. The summed E-state index contributed by atoms with van der Waals surface area (Å²) in [5.74, 6) is 1.77. The standard InChI is InChI=1S/C50H42N2O2Si.Pt/c1-31(2)41-16-10-17-42(32(3)4)48(41)37-22-36(33-12-6-5-7-13-33)23-40(24-37)53-47-19-11-18-45(52-47)49-50-43(20-21-51-49)44-25-38-29-55(30-39(38)26-46(44)54-50)27-34-14-8-9-15-35(34)28-55;/h5-12,14-22,24-26,31-32H,27-30H2,1-4H3;/q-2;+2. The molecule has 278 valence electrons. The minimum Gasteiger partial charge on any atom is -0.460 e. The van der Waals surface area contributed by atoms with Gasteiger partial charge in [-0.1, -0.05) is 82.3 Å². The molecule has 0 radical (unpaired) electrons. The molecule has 0 aliphatic carbocycles. The molecule has 0 saturated carbocycles. The van der Waals surface area contributed by atoms with Crippen LogP contribution in [0.3, 0.4) is 0 Å². The molecular weight excluding hydrogens is 884 g/mol. The molecule has 0 saturated heterocycles. The van der Waals surface area contributed by atoms with Gasteiger partial charge in [0.25, 0.3) is 0 Å². The van der Waals surface area contributed by atoms with Crippen LogP contribution in [-0.2, 0) is 45.2 Å². The Morgan fingerprint density at radius 1 is 0.679 bits per heavy atom. The third kappa shape index (κ3) is 6.45. The van der Waals surface area contributed by atoms with E-state index in [2.05, 4.69) is 119 Å². The Balaban J connectivity index is 0.00000410. The summed E-state index contributed by atoms with van der Waals surface area (Å²) in [6, 6.07) is 52.7. The molecule has 0 amide bonds. The zero-order valence-electron chi connectivity index (χ0n) is 32.1. The van der Waals surface area contributed by atoms with Gasteiger partial charge in [-0.2, -0.15) is 30.3 Å². The van der Waals surface area contributed by atoms with Crippen molar-refractivity contribution >= 4 is 30.0 Å². The fourth-order valence-electron chi connectivity index (χ4n) is 9.29. The summed E-state index contributed by atoms with van der Waals surface area (Å²) in [6.45, 7) is 9.03. The molecule has 4 nitrogen and oxygen atoms in total. The molecule has 0 bridgehead atoms. The van der Waals surface area contributed by atoms with Gasteiger partial charge in [0.1, 0.15) is 11.3 Å². The van der Waals surface area contributed by atoms with Gasteiger partial charge >= 0.3 is 21.1 Å². The second kappa shape index (κ2) is 14.4. The Labute approximate surface area is 344 Å². The summed E-state index contributed by atoms with van der Waals surface area (Å²) in [6.07, 6.45) is 1.87. The first kappa shape index (κ1) is 36.5. The summed E-state index contributed by atoms with van der Waals surface area (Å²) in [4.78, 5) is 9.84. The SMILES string of the molecule is CC(C)c1cccc(C(C)C)c1-c1cc(Oc2cccc(-c3nccc4c3oc3cc5c(cc34)C[Si]3(Cc4ccccc4C3)C5)n2)[c-]c(-c2[c-]cccc2)c1.[Pt+2]. The number of rotatable bonds is 7. The number of aromatic nitrogens is 2. The van der Waals surface area contributed by atoms with Crippen molar-refractivity contribution in [2.45, 2.75) is 63.7 Å². The zero-order chi connectivity index (χ0) is 37.3. The Bertz CT molecular complexity index is 2720. The minimum absolute atomic E-state index is 0. The van der Waals surface area contributed by atoms with Crippen LogP contribution in [0.15, 0.2) is 126 Å². The number of pyridine rings is 2. The smallest absolute Gasteiger partial charge is 0.460 e. The summed E-state index contributed by atoms with van der Waals surface area (Å²) in [7, 11) is -1.47. The van der Waals surface area contributed by atoms with Crippen LogP contribution in [0, 0.1) is 12.1 Å². The van der Waals surface area contributed by atoms with Crippen molar-refractivity contribution in [3.63, 3.8) is 0 Å². The molecule has 2 aliphatic rings. The number of benzene rings is 5. The summed E-state index contributed by atoms with van der Waals surface area (Å²) < 4.78 is 13.3. The molecule has 0 atom stereocenters. The molecule has 0 unspecified atom stereocenters. The van der Waals surface area contributed by atoms with Gasteiger partial charge in [-0.3, -0.25) is 4.98 Å². The van der Waals surface area contributed by atoms with Crippen molar-refractivity contribution in [1.82, 2.24) is 9.97 Å². The Morgan fingerprint density at radius 3 is 2.09 bits per heavy atom. The van der Waals surface area contributed by atoms with E-state index in [-0.39, 0.29) is 21.1 Å². The Morgan fingerprint density at radius 2 is 1.38 bits per heavy atom. The molecule has 3 aromatic heterocycles. The monoisotopic (exact) mass is 925 g/mol. The van der Waals surface area contributed by atoms with Crippen LogP contribution in [-0.4, -0.2) is 18.0 Å². The molecule has 10 rings (SSSR count). The topological polar surface area (TPSA) is 48.2 Å². The van der Waals surface area contributed by atoms with Crippen molar-refractivity contribution in [1.29, 1.82) is 0 Å². The molecular formula is C50H42N2O2PtSi. The second-order valence-electron chi connectivity index (χ2n) is 16.2. The summed E-state index contributed by atoms with van der Waals surface area (Å²) >= 11 is 0. The first-order chi connectivity index (χ1) is 26.8. The molecule has 56 heavy (non-hydrogen) atoms. The van der Waals surface area contributed by atoms with Crippen molar-refractivity contribution < 1.29 is 30.2 Å². The summed E-state index contributed by atoms with van der Waals surface area (Å²) in [5.41, 5.74) is 16.1. The van der Waals surface area contributed by atoms with Crippen molar-refractivity contribution in [2.75, 3.05) is 0 Å². The number of furan rings is 1. The van der Waals surface area contributed by atoms with Crippen LogP contribution in [0.5, 0.6) is 11.6 Å². The van der Waals surface area contributed by atoms with E-state index in [1.54, 1.807) is 11.1 Å². The van der Waals surface area contributed by atoms with Crippen LogP contribution in [0.1, 0.15) is 72.9 Å².